The van der Waals surface area contributed by atoms with Crippen LogP contribution >= 0.6 is 23.2 Å². The quantitative estimate of drug-likeness (QED) is 0.698. The number of carbonyl (C=O) groups excluding carboxylic acids is 1. The smallest absolute Gasteiger partial charge is 0.314 e. The molecule has 0 atom stereocenters. The van der Waals surface area contributed by atoms with Crippen LogP contribution in [0.4, 0.5) is 13.6 Å². The second kappa shape index (κ2) is 9.44. The van der Waals surface area contributed by atoms with E-state index in [0.717, 1.165) is 17.7 Å². The molecule has 8 heteroatoms. The van der Waals surface area contributed by atoms with Gasteiger partial charge in [-0.05, 0) is 36.2 Å². The molecule has 0 fully saturated rings. The van der Waals surface area contributed by atoms with Gasteiger partial charge in [-0.15, -0.1) is 0 Å². The number of ether oxygens (including phenoxy) is 1. The van der Waals surface area contributed by atoms with Crippen LogP contribution in [0.15, 0.2) is 36.4 Å². The first-order chi connectivity index (χ1) is 12.0. The van der Waals surface area contributed by atoms with Crippen molar-refractivity contribution in [2.24, 2.45) is 0 Å². The summed E-state index contributed by atoms with van der Waals surface area (Å²) < 4.78 is 31.2. The first-order valence-corrected chi connectivity index (χ1v) is 8.25. The number of hydrogen-bond donors (Lipinski definition) is 2. The number of benzene rings is 2. The minimum absolute atomic E-state index is 0.0545. The maximum atomic E-state index is 13.3. The molecule has 2 N–H and O–H groups in total. The first-order valence-electron chi connectivity index (χ1n) is 7.49. The Balaban J connectivity index is 1.64. The van der Waals surface area contributed by atoms with E-state index in [1.54, 1.807) is 18.2 Å². The summed E-state index contributed by atoms with van der Waals surface area (Å²) in [5.74, 6) is -1.53. The van der Waals surface area contributed by atoms with Crippen molar-refractivity contribution in [2.45, 2.75) is 6.42 Å². The van der Waals surface area contributed by atoms with Gasteiger partial charge in [-0.25, -0.2) is 13.6 Å². The number of halogens is 4. The van der Waals surface area contributed by atoms with Crippen molar-refractivity contribution in [2.75, 3.05) is 19.7 Å². The highest BCUT2D eigenvalue weighted by atomic mass is 35.5. The summed E-state index contributed by atoms with van der Waals surface area (Å²) in [6, 6.07) is 7.82. The largest absolute Gasteiger partial charge is 0.489 e. The van der Waals surface area contributed by atoms with Gasteiger partial charge in [-0.1, -0.05) is 29.3 Å². The van der Waals surface area contributed by atoms with Crippen LogP contribution in [0.3, 0.4) is 0 Å². The first kappa shape index (κ1) is 19.3. The van der Waals surface area contributed by atoms with E-state index in [1.165, 1.54) is 6.07 Å². The predicted octanol–water partition coefficient (Wildman–Crippen LogP) is 4.19. The summed E-state index contributed by atoms with van der Waals surface area (Å²) in [6.45, 7) is 0.615. The summed E-state index contributed by atoms with van der Waals surface area (Å²) in [6.07, 6.45) is 0.556. The molecule has 0 saturated carbocycles. The standard InChI is InChI=1S/C17H16Cl2F2N2O2/c18-12-2-1-11(14(19)9-12)5-6-22-17(24)23-7-8-25-16-4-3-13(20)10-15(16)21/h1-4,9-10H,5-8H2,(H2,22,23,24). The Hall–Kier alpha value is -2.05. The monoisotopic (exact) mass is 388 g/mol. The third-order valence-electron chi connectivity index (χ3n) is 3.23. The molecule has 0 aliphatic carbocycles. The Labute approximate surface area is 154 Å². The molecule has 134 valence electrons. The molecule has 2 amide bonds. The third kappa shape index (κ3) is 6.40. The van der Waals surface area contributed by atoms with E-state index in [9.17, 15) is 13.6 Å². The Kier molecular flexibility index (Phi) is 7.28. The van der Waals surface area contributed by atoms with Gasteiger partial charge in [0.05, 0.1) is 6.54 Å². The van der Waals surface area contributed by atoms with Crippen LogP contribution in [-0.4, -0.2) is 25.7 Å². The van der Waals surface area contributed by atoms with Crippen LogP contribution in [0.2, 0.25) is 10.0 Å². The fourth-order valence-electron chi connectivity index (χ4n) is 2.02. The molecule has 0 heterocycles. The predicted molar refractivity (Wildman–Crippen MR) is 93.4 cm³/mol. The van der Waals surface area contributed by atoms with E-state index in [4.69, 9.17) is 27.9 Å². The van der Waals surface area contributed by atoms with E-state index in [1.807, 2.05) is 0 Å². The molecule has 2 aromatic rings. The Morgan fingerprint density at radius 3 is 2.52 bits per heavy atom. The minimum atomic E-state index is -0.788. The van der Waals surface area contributed by atoms with E-state index < -0.39 is 11.6 Å². The van der Waals surface area contributed by atoms with Gasteiger partial charge >= 0.3 is 6.03 Å². The second-order valence-electron chi connectivity index (χ2n) is 5.09. The van der Waals surface area contributed by atoms with E-state index >= 15 is 0 Å². The molecule has 0 saturated heterocycles. The number of amides is 2. The molecule has 0 aliphatic heterocycles. The summed E-state index contributed by atoms with van der Waals surface area (Å²) in [5.41, 5.74) is 0.876. The summed E-state index contributed by atoms with van der Waals surface area (Å²) in [5, 5.41) is 6.34. The number of nitrogens with one attached hydrogen (secondary N) is 2. The zero-order valence-corrected chi connectivity index (χ0v) is 14.6. The van der Waals surface area contributed by atoms with Crippen molar-refractivity contribution in [3.05, 3.63) is 63.6 Å². The van der Waals surface area contributed by atoms with Gasteiger partial charge in [-0.3, -0.25) is 0 Å². The van der Waals surface area contributed by atoms with Crippen molar-refractivity contribution < 1.29 is 18.3 Å². The maximum absolute atomic E-state index is 13.3. The van der Waals surface area contributed by atoms with Gasteiger partial charge in [0, 0.05) is 22.7 Å². The third-order valence-corrected chi connectivity index (χ3v) is 3.82. The molecular formula is C17H16Cl2F2N2O2. The van der Waals surface area contributed by atoms with Crippen molar-refractivity contribution in [1.82, 2.24) is 10.6 Å². The van der Waals surface area contributed by atoms with Gasteiger partial charge < -0.3 is 15.4 Å². The Bertz CT molecular complexity index is 745. The van der Waals surface area contributed by atoms with Gasteiger partial charge in [-0.2, -0.15) is 0 Å². The zero-order chi connectivity index (χ0) is 18.2. The lowest BCUT2D eigenvalue weighted by atomic mass is 10.1. The molecule has 0 aromatic heterocycles. The van der Waals surface area contributed by atoms with Crippen molar-refractivity contribution in [3.8, 4) is 5.75 Å². The molecule has 2 aromatic carbocycles. The highest BCUT2D eigenvalue weighted by Gasteiger charge is 2.06. The molecular weight excluding hydrogens is 373 g/mol. The lowest BCUT2D eigenvalue weighted by molar-refractivity contribution is 0.236. The van der Waals surface area contributed by atoms with Crippen molar-refractivity contribution in [3.63, 3.8) is 0 Å². The molecule has 4 nitrogen and oxygen atoms in total. The van der Waals surface area contributed by atoms with Crippen LogP contribution in [0.5, 0.6) is 5.75 Å². The van der Waals surface area contributed by atoms with E-state index in [2.05, 4.69) is 10.6 Å². The fourth-order valence-corrected chi connectivity index (χ4v) is 2.52. The average Bonchev–Trinajstić information content (AvgIpc) is 2.55. The molecule has 0 bridgehead atoms. The number of hydrogen-bond acceptors (Lipinski definition) is 2. The van der Waals surface area contributed by atoms with Crippen molar-refractivity contribution >= 4 is 29.2 Å². The Morgan fingerprint density at radius 2 is 1.80 bits per heavy atom. The van der Waals surface area contributed by atoms with Gasteiger partial charge in [0.1, 0.15) is 12.4 Å². The molecule has 25 heavy (non-hydrogen) atoms. The highest BCUT2D eigenvalue weighted by molar-refractivity contribution is 6.35. The average molecular weight is 389 g/mol. The molecule has 0 unspecified atom stereocenters. The topological polar surface area (TPSA) is 50.4 Å². The summed E-state index contributed by atoms with van der Waals surface area (Å²) in [4.78, 5) is 11.6. The number of carbonyl (C=O) groups is 1. The number of rotatable bonds is 7. The summed E-state index contributed by atoms with van der Waals surface area (Å²) >= 11 is 11.9. The van der Waals surface area contributed by atoms with Gasteiger partial charge in [0.25, 0.3) is 0 Å². The van der Waals surface area contributed by atoms with Crippen LogP contribution in [0, 0.1) is 11.6 Å². The molecule has 0 spiro atoms. The molecule has 0 radical (unpaired) electrons. The Morgan fingerprint density at radius 1 is 1.04 bits per heavy atom. The summed E-state index contributed by atoms with van der Waals surface area (Å²) in [7, 11) is 0. The highest BCUT2D eigenvalue weighted by Crippen LogP contribution is 2.21. The minimum Gasteiger partial charge on any atom is -0.489 e. The van der Waals surface area contributed by atoms with E-state index in [0.29, 0.717) is 23.0 Å². The maximum Gasteiger partial charge on any atom is 0.314 e. The van der Waals surface area contributed by atoms with E-state index in [-0.39, 0.29) is 24.9 Å². The zero-order valence-electron chi connectivity index (χ0n) is 13.1. The van der Waals surface area contributed by atoms with Crippen molar-refractivity contribution in [1.29, 1.82) is 0 Å². The molecule has 2 rings (SSSR count). The van der Waals surface area contributed by atoms with Crippen LogP contribution in [0.1, 0.15) is 5.56 Å². The molecule has 0 aliphatic rings. The lowest BCUT2D eigenvalue weighted by Gasteiger charge is -2.10. The SMILES string of the molecule is O=C(NCCOc1ccc(F)cc1F)NCCc1ccc(Cl)cc1Cl. The normalized spacial score (nSPS) is 10.4. The second-order valence-corrected chi connectivity index (χ2v) is 5.94. The van der Waals surface area contributed by atoms with Crippen LogP contribution in [-0.2, 0) is 6.42 Å². The van der Waals surface area contributed by atoms with Crippen LogP contribution < -0.4 is 15.4 Å². The number of urea groups is 1. The fraction of sp³-hybridized carbons (Fsp3) is 0.235. The lowest BCUT2D eigenvalue weighted by Crippen LogP contribution is -2.38. The van der Waals surface area contributed by atoms with Gasteiger partial charge in [0.15, 0.2) is 11.6 Å². The van der Waals surface area contributed by atoms with Crippen LogP contribution in [0.25, 0.3) is 0 Å². The van der Waals surface area contributed by atoms with Gasteiger partial charge in [0.2, 0.25) is 0 Å².